The van der Waals surface area contributed by atoms with Crippen molar-refractivity contribution < 1.29 is 8.42 Å². The third-order valence-corrected chi connectivity index (χ3v) is 4.88. The second-order valence-electron chi connectivity index (χ2n) is 3.24. The molecule has 0 bridgehead atoms. The molecule has 0 aromatic carbocycles. The monoisotopic (exact) mass is 223 g/mol. The third-order valence-electron chi connectivity index (χ3n) is 2.43. The second kappa shape index (κ2) is 4.44. The van der Waals surface area contributed by atoms with Crippen molar-refractivity contribution in [3.8, 4) is 0 Å². The van der Waals surface area contributed by atoms with Gasteiger partial charge in [0.25, 0.3) is 0 Å². The minimum atomic E-state index is -2.83. The van der Waals surface area contributed by atoms with Gasteiger partial charge in [-0.05, 0) is 13.3 Å². The van der Waals surface area contributed by atoms with Crippen LogP contribution in [0.25, 0.3) is 0 Å². The topological polar surface area (TPSA) is 46.2 Å². The largest absolute Gasteiger partial charge is 0.309 e. The lowest BCUT2D eigenvalue weighted by Crippen LogP contribution is -2.36. The van der Waals surface area contributed by atoms with E-state index < -0.39 is 9.84 Å². The van der Waals surface area contributed by atoms with Gasteiger partial charge in [0.1, 0.15) is 0 Å². The van der Waals surface area contributed by atoms with Crippen molar-refractivity contribution in [3.05, 3.63) is 11.6 Å². The lowest BCUT2D eigenvalue weighted by molar-refractivity contribution is 0.530. The summed E-state index contributed by atoms with van der Waals surface area (Å²) in [7, 11) is -2.83. The molecule has 1 aliphatic rings. The van der Waals surface area contributed by atoms with E-state index in [1.54, 1.807) is 13.0 Å². The van der Waals surface area contributed by atoms with Crippen LogP contribution >= 0.6 is 11.6 Å². The first-order chi connectivity index (χ1) is 6.08. The molecule has 0 radical (unpaired) electrons. The molecule has 2 unspecified atom stereocenters. The van der Waals surface area contributed by atoms with Gasteiger partial charge in [-0.1, -0.05) is 17.7 Å². The number of rotatable bonds is 3. The van der Waals surface area contributed by atoms with Crippen molar-refractivity contribution in [3.63, 3.8) is 0 Å². The van der Waals surface area contributed by atoms with Crippen LogP contribution < -0.4 is 5.32 Å². The zero-order valence-corrected chi connectivity index (χ0v) is 9.11. The Morgan fingerprint density at radius 2 is 2.31 bits per heavy atom. The lowest BCUT2D eigenvalue weighted by atomic mass is 10.2. The smallest absolute Gasteiger partial charge is 0.154 e. The fourth-order valence-corrected chi connectivity index (χ4v) is 3.27. The molecule has 1 heterocycles. The van der Waals surface area contributed by atoms with Crippen LogP contribution in [-0.2, 0) is 9.84 Å². The van der Waals surface area contributed by atoms with Gasteiger partial charge in [-0.15, -0.1) is 0 Å². The maximum atomic E-state index is 11.3. The first-order valence-electron chi connectivity index (χ1n) is 4.28. The van der Waals surface area contributed by atoms with Gasteiger partial charge >= 0.3 is 0 Å². The van der Waals surface area contributed by atoms with Crippen LogP contribution in [0.5, 0.6) is 0 Å². The fourth-order valence-electron chi connectivity index (χ4n) is 1.49. The Morgan fingerprint density at radius 3 is 2.77 bits per heavy atom. The average Bonchev–Trinajstić information content (AvgIpc) is 2.32. The molecule has 1 rings (SSSR count). The molecule has 0 aromatic heterocycles. The van der Waals surface area contributed by atoms with Crippen LogP contribution in [-0.4, -0.2) is 32.0 Å². The zero-order valence-electron chi connectivity index (χ0n) is 7.53. The Kier molecular flexibility index (Phi) is 3.76. The maximum absolute atomic E-state index is 11.3. The SMILES string of the molecule is CC1C(NC/C=C/Cl)CCS1(=O)=O. The lowest BCUT2D eigenvalue weighted by Gasteiger charge is -2.14. The highest BCUT2D eigenvalue weighted by Gasteiger charge is 2.35. The first-order valence-corrected chi connectivity index (χ1v) is 6.43. The second-order valence-corrected chi connectivity index (χ2v) is 5.97. The van der Waals surface area contributed by atoms with Crippen molar-refractivity contribution >= 4 is 21.4 Å². The minimum Gasteiger partial charge on any atom is -0.309 e. The Balaban J connectivity index is 2.46. The van der Waals surface area contributed by atoms with E-state index in [2.05, 4.69) is 5.32 Å². The quantitative estimate of drug-likeness (QED) is 0.774. The number of hydrogen-bond acceptors (Lipinski definition) is 3. The van der Waals surface area contributed by atoms with E-state index in [9.17, 15) is 8.42 Å². The average molecular weight is 224 g/mol. The number of nitrogens with one attached hydrogen (secondary N) is 1. The van der Waals surface area contributed by atoms with Gasteiger partial charge < -0.3 is 5.32 Å². The van der Waals surface area contributed by atoms with Gasteiger partial charge in [0.05, 0.1) is 11.0 Å². The van der Waals surface area contributed by atoms with Crippen LogP contribution in [0, 0.1) is 0 Å². The molecule has 2 atom stereocenters. The van der Waals surface area contributed by atoms with Gasteiger partial charge in [-0.3, -0.25) is 0 Å². The number of sulfone groups is 1. The number of hydrogen-bond donors (Lipinski definition) is 1. The van der Waals surface area contributed by atoms with Crippen molar-refractivity contribution in [2.75, 3.05) is 12.3 Å². The van der Waals surface area contributed by atoms with Gasteiger partial charge in [0.2, 0.25) is 0 Å². The molecular formula is C8H14ClNO2S. The van der Waals surface area contributed by atoms with Crippen LogP contribution in [0.1, 0.15) is 13.3 Å². The molecule has 1 fully saturated rings. The predicted octanol–water partition coefficient (Wildman–Crippen LogP) is 0.904. The summed E-state index contributed by atoms with van der Waals surface area (Å²) in [6.45, 7) is 2.39. The summed E-state index contributed by atoms with van der Waals surface area (Å²) >= 11 is 5.34. The first kappa shape index (κ1) is 11.0. The van der Waals surface area contributed by atoms with E-state index in [1.807, 2.05) is 0 Å². The van der Waals surface area contributed by atoms with Crippen LogP contribution in [0.4, 0.5) is 0 Å². The summed E-state index contributed by atoms with van der Waals surface area (Å²) in [6, 6.07) is 0.0814. The van der Waals surface area contributed by atoms with Crippen LogP contribution in [0.2, 0.25) is 0 Å². The summed E-state index contributed by atoms with van der Waals surface area (Å²) in [4.78, 5) is 0. The summed E-state index contributed by atoms with van der Waals surface area (Å²) in [6.07, 6.45) is 2.47. The maximum Gasteiger partial charge on any atom is 0.154 e. The Morgan fingerprint density at radius 1 is 1.62 bits per heavy atom. The molecule has 13 heavy (non-hydrogen) atoms. The van der Waals surface area contributed by atoms with Gasteiger partial charge in [0, 0.05) is 18.1 Å². The highest BCUT2D eigenvalue weighted by Crippen LogP contribution is 2.19. The summed E-state index contributed by atoms with van der Waals surface area (Å²) in [5, 5.41) is 2.87. The van der Waals surface area contributed by atoms with Crippen LogP contribution in [0.3, 0.4) is 0 Å². The van der Waals surface area contributed by atoms with Crippen molar-refractivity contribution in [1.29, 1.82) is 0 Å². The van der Waals surface area contributed by atoms with E-state index in [4.69, 9.17) is 11.6 Å². The van der Waals surface area contributed by atoms with E-state index in [0.717, 1.165) is 0 Å². The van der Waals surface area contributed by atoms with E-state index in [1.165, 1.54) is 5.54 Å². The predicted molar refractivity (Wildman–Crippen MR) is 54.6 cm³/mol. The summed E-state index contributed by atoms with van der Waals surface area (Å²) in [5.74, 6) is 0.302. The van der Waals surface area contributed by atoms with Gasteiger partial charge in [-0.2, -0.15) is 0 Å². The molecule has 1 N–H and O–H groups in total. The summed E-state index contributed by atoms with van der Waals surface area (Å²) < 4.78 is 22.6. The highest BCUT2D eigenvalue weighted by molar-refractivity contribution is 7.92. The fraction of sp³-hybridized carbons (Fsp3) is 0.750. The molecular weight excluding hydrogens is 210 g/mol. The minimum absolute atomic E-state index is 0.0814. The van der Waals surface area contributed by atoms with E-state index >= 15 is 0 Å². The van der Waals surface area contributed by atoms with Gasteiger partial charge in [0.15, 0.2) is 9.84 Å². The zero-order chi connectivity index (χ0) is 9.90. The van der Waals surface area contributed by atoms with Crippen molar-refractivity contribution in [1.82, 2.24) is 5.32 Å². The molecule has 1 saturated heterocycles. The molecule has 3 nitrogen and oxygen atoms in total. The Hall–Kier alpha value is -0.0600. The highest BCUT2D eigenvalue weighted by atomic mass is 35.5. The van der Waals surface area contributed by atoms with Gasteiger partial charge in [-0.25, -0.2) is 8.42 Å². The third kappa shape index (κ3) is 2.69. The van der Waals surface area contributed by atoms with Crippen molar-refractivity contribution in [2.45, 2.75) is 24.6 Å². The molecule has 0 aliphatic carbocycles. The van der Waals surface area contributed by atoms with Crippen molar-refractivity contribution in [2.24, 2.45) is 0 Å². The normalized spacial score (nSPS) is 32.8. The van der Waals surface area contributed by atoms with E-state index in [0.29, 0.717) is 18.7 Å². The molecule has 0 saturated carbocycles. The molecule has 0 aromatic rings. The molecule has 76 valence electrons. The Labute approximate surface area is 84.1 Å². The number of halogens is 1. The van der Waals surface area contributed by atoms with E-state index in [-0.39, 0.29) is 11.3 Å². The Bertz CT molecular complexity index is 287. The molecule has 0 amide bonds. The molecule has 5 heteroatoms. The standard InChI is InChI=1S/C8H14ClNO2S/c1-7-8(10-5-2-4-9)3-6-13(7,11)12/h2,4,7-8,10H,3,5-6H2,1H3/b4-2+. The molecule has 0 spiro atoms. The summed E-state index contributed by atoms with van der Waals surface area (Å²) in [5.41, 5.74) is 1.43. The molecule has 1 aliphatic heterocycles. The van der Waals surface area contributed by atoms with Crippen LogP contribution in [0.15, 0.2) is 11.6 Å².